The van der Waals surface area contributed by atoms with Crippen molar-refractivity contribution in [3.63, 3.8) is 0 Å². The van der Waals surface area contributed by atoms with Crippen LogP contribution in [0.15, 0.2) is 24.3 Å². The second-order valence-electron chi connectivity index (χ2n) is 6.96. The SMILES string of the molecule is CC(C)(C)OC(=O)N1CCC(Nc2cccc(C(F)(F)F)c2)CC1. The second-order valence-corrected chi connectivity index (χ2v) is 6.96. The Hall–Kier alpha value is -1.92. The summed E-state index contributed by atoms with van der Waals surface area (Å²) in [6.45, 7) is 6.48. The van der Waals surface area contributed by atoms with E-state index < -0.39 is 17.3 Å². The molecule has 4 nitrogen and oxygen atoms in total. The molecule has 0 saturated carbocycles. The number of nitrogens with one attached hydrogen (secondary N) is 1. The van der Waals surface area contributed by atoms with Crippen LogP contribution in [-0.2, 0) is 10.9 Å². The molecule has 1 fully saturated rings. The topological polar surface area (TPSA) is 41.6 Å². The predicted molar refractivity (Wildman–Crippen MR) is 85.9 cm³/mol. The van der Waals surface area contributed by atoms with Gasteiger partial charge in [0.05, 0.1) is 5.56 Å². The van der Waals surface area contributed by atoms with Crippen LogP contribution in [0.3, 0.4) is 0 Å². The molecule has 1 heterocycles. The van der Waals surface area contributed by atoms with E-state index in [1.807, 2.05) is 20.8 Å². The lowest BCUT2D eigenvalue weighted by Crippen LogP contribution is -2.44. The maximum atomic E-state index is 12.7. The van der Waals surface area contributed by atoms with Crippen molar-refractivity contribution in [2.24, 2.45) is 0 Å². The molecule has 1 aliphatic heterocycles. The minimum atomic E-state index is -4.35. The molecule has 2 rings (SSSR count). The molecule has 1 aromatic rings. The van der Waals surface area contributed by atoms with Crippen molar-refractivity contribution in [3.05, 3.63) is 29.8 Å². The summed E-state index contributed by atoms with van der Waals surface area (Å²) in [7, 11) is 0. The van der Waals surface area contributed by atoms with Gasteiger partial charge in [0.25, 0.3) is 0 Å². The van der Waals surface area contributed by atoms with Gasteiger partial charge in [-0.2, -0.15) is 13.2 Å². The van der Waals surface area contributed by atoms with Gasteiger partial charge in [-0.3, -0.25) is 0 Å². The fraction of sp³-hybridized carbons (Fsp3) is 0.588. The lowest BCUT2D eigenvalue weighted by molar-refractivity contribution is -0.137. The number of hydrogen-bond acceptors (Lipinski definition) is 3. The zero-order valence-electron chi connectivity index (χ0n) is 14.1. The molecule has 24 heavy (non-hydrogen) atoms. The third kappa shape index (κ3) is 5.32. The molecule has 7 heteroatoms. The first-order chi connectivity index (χ1) is 11.0. The van der Waals surface area contributed by atoms with Crippen molar-refractivity contribution >= 4 is 11.8 Å². The van der Waals surface area contributed by atoms with Gasteiger partial charge in [0.15, 0.2) is 0 Å². The summed E-state index contributed by atoms with van der Waals surface area (Å²) in [5, 5.41) is 3.12. The van der Waals surface area contributed by atoms with Crippen LogP contribution in [0.25, 0.3) is 0 Å². The number of alkyl halides is 3. The van der Waals surface area contributed by atoms with Gasteiger partial charge < -0.3 is 15.0 Å². The zero-order chi connectivity index (χ0) is 18.0. The molecule has 134 valence electrons. The molecule has 0 spiro atoms. The quantitative estimate of drug-likeness (QED) is 0.858. The lowest BCUT2D eigenvalue weighted by Gasteiger charge is -2.34. The molecule has 0 aromatic heterocycles. The molecular weight excluding hydrogens is 321 g/mol. The van der Waals surface area contributed by atoms with Gasteiger partial charge in [0.2, 0.25) is 0 Å². The molecule has 1 aromatic carbocycles. The van der Waals surface area contributed by atoms with Crippen LogP contribution in [0.1, 0.15) is 39.2 Å². The van der Waals surface area contributed by atoms with E-state index in [0.29, 0.717) is 31.6 Å². The summed E-state index contributed by atoms with van der Waals surface area (Å²) in [4.78, 5) is 13.6. The van der Waals surface area contributed by atoms with E-state index in [9.17, 15) is 18.0 Å². The number of hydrogen-bond donors (Lipinski definition) is 1. The van der Waals surface area contributed by atoms with Gasteiger partial charge in [0.1, 0.15) is 5.60 Å². The highest BCUT2D eigenvalue weighted by molar-refractivity contribution is 5.68. The number of benzene rings is 1. The van der Waals surface area contributed by atoms with Crippen LogP contribution in [0.2, 0.25) is 0 Å². The van der Waals surface area contributed by atoms with E-state index in [2.05, 4.69) is 5.32 Å². The molecule has 1 N–H and O–H groups in total. The van der Waals surface area contributed by atoms with Gasteiger partial charge in [0, 0.05) is 24.8 Å². The van der Waals surface area contributed by atoms with E-state index in [-0.39, 0.29) is 12.1 Å². The lowest BCUT2D eigenvalue weighted by atomic mass is 10.0. The van der Waals surface area contributed by atoms with Crippen molar-refractivity contribution in [1.82, 2.24) is 4.90 Å². The van der Waals surface area contributed by atoms with Gasteiger partial charge in [-0.1, -0.05) is 6.07 Å². The van der Waals surface area contributed by atoms with Crippen molar-refractivity contribution in [3.8, 4) is 0 Å². The number of carbonyl (C=O) groups is 1. The Morgan fingerprint density at radius 2 is 1.83 bits per heavy atom. The minimum absolute atomic E-state index is 0.0344. The Morgan fingerprint density at radius 1 is 1.21 bits per heavy atom. The Kier molecular flexibility index (Phi) is 5.30. The maximum absolute atomic E-state index is 12.7. The van der Waals surface area contributed by atoms with E-state index in [1.54, 1.807) is 11.0 Å². The Bertz CT molecular complexity index is 574. The molecule has 1 amide bonds. The summed E-state index contributed by atoms with van der Waals surface area (Å²) in [5.74, 6) is 0. The van der Waals surface area contributed by atoms with Gasteiger partial charge in [-0.25, -0.2) is 4.79 Å². The Morgan fingerprint density at radius 3 is 2.38 bits per heavy atom. The summed E-state index contributed by atoms with van der Waals surface area (Å²) in [6.07, 6.45) is -3.37. The number of nitrogens with zero attached hydrogens (tertiary/aromatic N) is 1. The van der Waals surface area contributed by atoms with E-state index in [1.165, 1.54) is 6.07 Å². The zero-order valence-corrected chi connectivity index (χ0v) is 14.1. The third-order valence-corrected chi connectivity index (χ3v) is 3.71. The number of anilines is 1. The predicted octanol–water partition coefficient (Wildman–Crippen LogP) is 4.52. The van der Waals surface area contributed by atoms with Crippen molar-refractivity contribution < 1.29 is 22.7 Å². The summed E-state index contributed by atoms with van der Waals surface area (Å²) in [6, 6.07) is 5.21. The van der Waals surface area contributed by atoms with E-state index in [4.69, 9.17) is 4.74 Å². The molecule has 1 saturated heterocycles. The largest absolute Gasteiger partial charge is 0.444 e. The molecule has 0 aliphatic carbocycles. The van der Waals surface area contributed by atoms with E-state index >= 15 is 0 Å². The molecule has 0 unspecified atom stereocenters. The Labute approximate surface area is 140 Å². The van der Waals surface area contributed by atoms with Crippen LogP contribution in [0, 0.1) is 0 Å². The highest BCUT2D eigenvalue weighted by Crippen LogP contribution is 2.31. The normalized spacial score (nSPS) is 16.8. The van der Waals surface area contributed by atoms with Gasteiger partial charge in [-0.15, -0.1) is 0 Å². The molecule has 0 bridgehead atoms. The fourth-order valence-corrected chi connectivity index (χ4v) is 2.55. The number of carbonyl (C=O) groups excluding carboxylic acids is 1. The number of ether oxygens (including phenoxy) is 1. The fourth-order valence-electron chi connectivity index (χ4n) is 2.55. The molecule has 0 radical (unpaired) electrons. The van der Waals surface area contributed by atoms with Crippen molar-refractivity contribution in [2.45, 2.75) is 51.4 Å². The minimum Gasteiger partial charge on any atom is -0.444 e. The summed E-state index contributed by atoms with van der Waals surface area (Å²) < 4.78 is 43.5. The highest BCUT2D eigenvalue weighted by atomic mass is 19.4. The number of likely N-dealkylation sites (tertiary alicyclic amines) is 1. The van der Waals surface area contributed by atoms with Crippen LogP contribution < -0.4 is 5.32 Å². The number of piperidine rings is 1. The van der Waals surface area contributed by atoms with Crippen LogP contribution in [0.5, 0.6) is 0 Å². The van der Waals surface area contributed by atoms with Gasteiger partial charge in [-0.05, 0) is 51.8 Å². The van der Waals surface area contributed by atoms with E-state index in [0.717, 1.165) is 12.1 Å². The molecular formula is C17H23F3N2O2. The first-order valence-corrected chi connectivity index (χ1v) is 7.96. The third-order valence-electron chi connectivity index (χ3n) is 3.71. The second kappa shape index (κ2) is 6.91. The van der Waals surface area contributed by atoms with Crippen LogP contribution >= 0.6 is 0 Å². The van der Waals surface area contributed by atoms with Crippen LogP contribution in [-0.4, -0.2) is 35.7 Å². The molecule has 0 atom stereocenters. The van der Waals surface area contributed by atoms with Crippen LogP contribution in [0.4, 0.5) is 23.7 Å². The number of halogens is 3. The van der Waals surface area contributed by atoms with Crippen molar-refractivity contribution in [2.75, 3.05) is 18.4 Å². The van der Waals surface area contributed by atoms with Gasteiger partial charge >= 0.3 is 12.3 Å². The standard InChI is InChI=1S/C17H23F3N2O2/c1-16(2,3)24-15(23)22-9-7-13(8-10-22)21-14-6-4-5-12(11-14)17(18,19)20/h4-6,11,13,21H,7-10H2,1-3H3. The average molecular weight is 344 g/mol. The Balaban J connectivity index is 1.88. The maximum Gasteiger partial charge on any atom is 0.416 e. The van der Waals surface area contributed by atoms with Crippen molar-refractivity contribution in [1.29, 1.82) is 0 Å². The summed E-state index contributed by atoms with van der Waals surface area (Å²) in [5.41, 5.74) is -0.760. The highest BCUT2D eigenvalue weighted by Gasteiger charge is 2.31. The average Bonchev–Trinajstić information content (AvgIpc) is 2.45. The molecule has 1 aliphatic rings. The first-order valence-electron chi connectivity index (χ1n) is 7.96. The number of amides is 1. The number of rotatable bonds is 2. The summed E-state index contributed by atoms with van der Waals surface area (Å²) >= 11 is 0. The monoisotopic (exact) mass is 344 g/mol. The smallest absolute Gasteiger partial charge is 0.416 e. The first kappa shape index (κ1) is 18.4.